The summed E-state index contributed by atoms with van der Waals surface area (Å²) in [6.45, 7) is 3.90. The molecule has 0 bridgehead atoms. The molecule has 1 N–H and O–H groups in total. The zero-order valence-corrected chi connectivity index (χ0v) is 17.6. The number of thiocarbonyl (C=S) groups is 1. The van der Waals surface area contributed by atoms with Gasteiger partial charge in [0.2, 0.25) is 0 Å². The lowest BCUT2D eigenvalue weighted by atomic mass is 10.1. The van der Waals surface area contributed by atoms with E-state index in [2.05, 4.69) is 5.32 Å². The fourth-order valence-electron chi connectivity index (χ4n) is 2.86. The van der Waals surface area contributed by atoms with Gasteiger partial charge < -0.3 is 9.47 Å². The first-order chi connectivity index (χ1) is 14.3. The summed E-state index contributed by atoms with van der Waals surface area (Å²) in [6.07, 6.45) is 2.11. The van der Waals surface area contributed by atoms with Crippen LogP contribution in [0.1, 0.15) is 25.8 Å². The number of ether oxygens (including phenoxy) is 2. The highest BCUT2D eigenvalue weighted by molar-refractivity contribution is 7.80. The Morgan fingerprint density at radius 2 is 1.90 bits per heavy atom. The van der Waals surface area contributed by atoms with E-state index in [1.165, 1.54) is 37.5 Å². The maximum atomic E-state index is 13.3. The molecule has 0 aromatic heterocycles. The summed E-state index contributed by atoms with van der Waals surface area (Å²) in [4.78, 5) is 26.8. The second-order valence-electron chi connectivity index (χ2n) is 6.65. The van der Waals surface area contributed by atoms with Crippen LogP contribution in [0.2, 0.25) is 0 Å². The number of hydrogen-bond donors (Lipinski definition) is 1. The summed E-state index contributed by atoms with van der Waals surface area (Å²) in [6, 6.07) is 10.5. The lowest BCUT2D eigenvalue weighted by Crippen LogP contribution is -2.54. The number of carbonyl (C=O) groups is 2. The molecule has 1 aliphatic rings. The molecule has 1 fully saturated rings. The number of nitrogens with one attached hydrogen (secondary N) is 1. The number of methoxy groups -OCH3 is 1. The molecule has 30 heavy (non-hydrogen) atoms. The third kappa shape index (κ3) is 4.33. The van der Waals surface area contributed by atoms with E-state index in [1.54, 1.807) is 18.2 Å². The van der Waals surface area contributed by atoms with Crippen LogP contribution in [0, 0.1) is 5.82 Å². The predicted molar refractivity (Wildman–Crippen MR) is 116 cm³/mol. The number of rotatable bonds is 6. The van der Waals surface area contributed by atoms with Crippen molar-refractivity contribution in [1.29, 1.82) is 0 Å². The van der Waals surface area contributed by atoms with Gasteiger partial charge in [0.15, 0.2) is 16.6 Å². The molecule has 1 heterocycles. The number of amides is 2. The normalized spacial score (nSPS) is 16.5. The molecule has 0 saturated carbocycles. The third-order valence-electron chi connectivity index (χ3n) is 4.61. The van der Waals surface area contributed by atoms with E-state index in [1.807, 2.05) is 13.8 Å². The van der Waals surface area contributed by atoms with Gasteiger partial charge in [0.1, 0.15) is 11.4 Å². The summed E-state index contributed by atoms with van der Waals surface area (Å²) in [5.41, 5.74) is 0.731. The van der Waals surface area contributed by atoms with Crippen LogP contribution in [0.15, 0.2) is 48.0 Å². The topological polar surface area (TPSA) is 67.9 Å². The second-order valence-corrected chi connectivity index (χ2v) is 7.04. The van der Waals surface area contributed by atoms with Crippen LogP contribution in [0.4, 0.5) is 10.1 Å². The standard InChI is InChI=1S/C22H21FN2O4S/c1-4-13(2)29-19-14(6-5-7-18(19)28-3)12-17-20(26)24-22(30)25(21(17)27)16-10-8-15(23)9-11-16/h5-13H,4H2,1-3H3,(H,24,26,30)/b17-12-/t13-/m1/s1. The van der Waals surface area contributed by atoms with Crippen LogP contribution in [-0.2, 0) is 9.59 Å². The molecule has 8 heteroatoms. The SMILES string of the molecule is CC[C@@H](C)Oc1c(/C=C2/C(=O)NC(=S)N(c3ccc(F)cc3)C2=O)cccc1OC. The summed E-state index contributed by atoms with van der Waals surface area (Å²) in [5, 5.41) is 2.43. The van der Waals surface area contributed by atoms with Crippen LogP contribution < -0.4 is 19.7 Å². The molecule has 2 aromatic rings. The van der Waals surface area contributed by atoms with Gasteiger partial charge in [0.25, 0.3) is 11.8 Å². The number of carbonyl (C=O) groups excluding carboxylic acids is 2. The molecule has 2 amide bonds. The van der Waals surface area contributed by atoms with Gasteiger partial charge in [-0.1, -0.05) is 19.1 Å². The Hall–Kier alpha value is -3.26. The van der Waals surface area contributed by atoms with Crippen molar-refractivity contribution in [3.05, 3.63) is 59.4 Å². The van der Waals surface area contributed by atoms with Crippen LogP contribution >= 0.6 is 12.2 Å². The maximum absolute atomic E-state index is 13.3. The van der Waals surface area contributed by atoms with Gasteiger partial charge in [-0.25, -0.2) is 4.39 Å². The predicted octanol–water partition coefficient (Wildman–Crippen LogP) is 3.84. The monoisotopic (exact) mass is 428 g/mol. The Labute approximate surface area is 179 Å². The lowest BCUT2D eigenvalue weighted by molar-refractivity contribution is -0.122. The first-order valence-corrected chi connectivity index (χ1v) is 9.77. The number of benzene rings is 2. The Kier molecular flexibility index (Phi) is 6.47. The zero-order valence-electron chi connectivity index (χ0n) is 16.8. The van der Waals surface area contributed by atoms with Crippen molar-refractivity contribution in [2.75, 3.05) is 12.0 Å². The molecule has 1 aliphatic heterocycles. The van der Waals surface area contributed by atoms with Crippen molar-refractivity contribution >= 4 is 40.9 Å². The van der Waals surface area contributed by atoms with Gasteiger partial charge in [-0.05, 0) is 62.0 Å². The second kappa shape index (κ2) is 9.04. The van der Waals surface area contributed by atoms with Crippen LogP contribution in [0.3, 0.4) is 0 Å². The Morgan fingerprint density at radius 3 is 2.53 bits per heavy atom. The van der Waals surface area contributed by atoms with E-state index in [0.29, 0.717) is 22.7 Å². The highest BCUT2D eigenvalue weighted by Crippen LogP contribution is 2.34. The average Bonchev–Trinajstić information content (AvgIpc) is 2.73. The summed E-state index contributed by atoms with van der Waals surface area (Å²) >= 11 is 5.16. The molecular weight excluding hydrogens is 407 g/mol. The number of anilines is 1. The number of para-hydroxylation sites is 1. The number of hydrogen-bond acceptors (Lipinski definition) is 5. The molecule has 2 aromatic carbocycles. The number of nitrogens with zero attached hydrogens (tertiary/aromatic N) is 1. The molecule has 0 unspecified atom stereocenters. The fraction of sp³-hybridized carbons (Fsp3) is 0.227. The van der Waals surface area contributed by atoms with E-state index in [4.69, 9.17) is 21.7 Å². The Bertz CT molecular complexity index is 1020. The summed E-state index contributed by atoms with van der Waals surface area (Å²) < 4.78 is 24.6. The molecule has 6 nitrogen and oxygen atoms in total. The van der Waals surface area contributed by atoms with Crippen molar-refractivity contribution in [3.8, 4) is 11.5 Å². The summed E-state index contributed by atoms with van der Waals surface area (Å²) in [7, 11) is 1.52. The zero-order chi connectivity index (χ0) is 21.8. The Morgan fingerprint density at radius 1 is 1.20 bits per heavy atom. The Balaban J connectivity index is 2.05. The maximum Gasteiger partial charge on any atom is 0.270 e. The third-order valence-corrected chi connectivity index (χ3v) is 4.89. The highest BCUT2D eigenvalue weighted by atomic mass is 32.1. The molecule has 1 saturated heterocycles. The van der Waals surface area contributed by atoms with Crippen molar-refractivity contribution in [2.45, 2.75) is 26.4 Å². The fourth-order valence-corrected chi connectivity index (χ4v) is 3.14. The van der Waals surface area contributed by atoms with E-state index < -0.39 is 17.6 Å². The van der Waals surface area contributed by atoms with Gasteiger partial charge >= 0.3 is 0 Å². The minimum absolute atomic E-state index is 0.0736. The van der Waals surface area contributed by atoms with Gasteiger partial charge in [-0.15, -0.1) is 0 Å². The van der Waals surface area contributed by atoms with Gasteiger partial charge in [-0.2, -0.15) is 0 Å². The van der Waals surface area contributed by atoms with Gasteiger partial charge in [-0.3, -0.25) is 19.8 Å². The van der Waals surface area contributed by atoms with Crippen molar-refractivity contribution in [1.82, 2.24) is 5.32 Å². The minimum Gasteiger partial charge on any atom is -0.493 e. The van der Waals surface area contributed by atoms with E-state index in [0.717, 1.165) is 11.3 Å². The quantitative estimate of drug-likeness (QED) is 0.430. The smallest absolute Gasteiger partial charge is 0.270 e. The molecule has 0 radical (unpaired) electrons. The van der Waals surface area contributed by atoms with E-state index in [-0.39, 0.29) is 16.8 Å². The van der Waals surface area contributed by atoms with Crippen molar-refractivity contribution in [3.63, 3.8) is 0 Å². The average molecular weight is 428 g/mol. The molecule has 0 spiro atoms. The molecule has 1 atom stereocenters. The van der Waals surface area contributed by atoms with Gasteiger partial charge in [0, 0.05) is 5.56 Å². The van der Waals surface area contributed by atoms with Crippen molar-refractivity contribution < 1.29 is 23.5 Å². The molecule has 3 rings (SSSR count). The van der Waals surface area contributed by atoms with E-state index in [9.17, 15) is 14.0 Å². The van der Waals surface area contributed by atoms with Crippen LogP contribution in [-0.4, -0.2) is 30.1 Å². The largest absolute Gasteiger partial charge is 0.493 e. The van der Waals surface area contributed by atoms with Crippen LogP contribution in [0.25, 0.3) is 6.08 Å². The first-order valence-electron chi connectivity index (χ1n) is 9.36. The highest BCUT2D eigenvalue weighted by Gasteiger charge is 2.34. The van der Waals surface area contributed by atoms with Crippen LogP contribution in [0.5, 0.6) is 11.5 Å². The molecule has 0 aliphatic carbocycles. The van der Waals surface area contributed by atoms with E-state index >= 15 is 0 Å². The molecular formula is C22H21FN2O4S. The minimum atomic E-state index is -0.624. The lowest BCUT2D eigenvalue weighted by Gasteiger charge is -2.29. The number of halogens is 1. The molecule has 156 valence electrons. The first kappa shape index (κ1) is 21.4. The summed E-state index contributed by atoms with van der Waals surface area (Å²) in [5.74, 6) is -0.770. The van der Waals surface area contributed by atoms with Gasteiger partial charge in [0.05, 0.1) is 18.9 Å². The van der Waals surface area contributed by atoms with Crippen molar-refractivity contribution in [2.24, 2.45) is 0 Å².